The number of terminal acetylenes is 1. The zero-order valence-corrected chi connectivity index (χ0v) is 81.8. The molecule has 36 nitrogen and oxygen atoms in total. The third-order valence-corrected chi connectivity index (χ3v) is 25.4. The molecule has 0 aliphatic heterocycles. The molecule has 9 aromatic heterocycles. The summed E-state index contributed by atoms with van der Waals surface area (Å²) in [4.78, 5) is 136. The van der Waals surface area contributed by atoms with Gasteiger partial charge < -0.3 is 21.8 Å². The molecule has 141 heavy (non-hydrogen) atoms. The average Bonchev–Trinajstić information content (AvgIpc) is 1.26. The number of nitrogens with two attached hydrogens (primary N) is 2. The topological polar surface area (TPSA) is 596 Å². The minimum atomic E-state index is 0.0424. The molecule has 6 aliphatic carbocycles. The van der Waals surface area contributed by atoms with Crippen LogP contribution >= 0.6 is 15.9 Å². The van der Waals surface area contributed by atoms with Crippen molar-refractivity contribution in [2.75, 3.05) is 11.5 Å². The molecule has 9 heterocycles. The largest absolute Gasteiger partial charge is 0.390 e. The van der Waals surface area contributed by atoms with E-state index < -0.39 is 0 Å². The van der Waals surface area contributed by atoms with Crippen LogP contribution in [0.4, 0.5) is 11.9 Å². The number of aliphatic hydroxyl groups is 1. The minimum Gasteiger partial charge on any atom is -0.390 e. The Hall–Kier alpha value is -16.5. The summed E-state index contributed by atoms with van der Waals surface area (Å²) in [6.45, 7) is 19.9. The average molecular weight is 1970 g/mol. The number of aliphatic hydroxyl groups excluding tert-OH is 1. The molecule has 0 radical (unpaired) electrons. The number of rotatable bonds is 17. The molecule has 11 aromatic rings. The Balaban J connectivity index is 0.000000338. The highest BCUT2D eigenvalue weighted by atomic mass is 79.9. The van der Waals surface area contributed by atoms with Crippen molar-refractivity contribution in [1.82, 2.24) is 64.8 Å². The molecule has 6 saturated carbocycles. The van der Waals surface area contributed by atoms with Gasteiger partial charge in [0.15, 0.2) is 5.34 Å². The number of carbonyl (C=O) groups excluding carboxylic acids is 10. The Morgan fingerprint density at radius 2 is 0.908 bits per heavy atom. The first kappa shape index (κ1) is 117. The number of nitrogens with zero attached hydrogens (tertiary/aromatic N) is 21. The number of halogens is 1. The number of azide groups is 1. The molecule has 6 N–H and O–H groups in total. The summed E-state index contributed by atoms with van der Waals surface area (Å²) in [7, 11) is 0. The van der Waals surface area contributed by atoms with Gasteiger partial charge in [0, 0.05) is 99.9 Å². The van der Waals surface area contributed by atoms with E-state index >= 15 is 0 Å². The van der Waals surface area contributed by atoms with Crippen LogP contribution in [-0.4, -0.2) is 106 Å². The van der Waals surface area contributed by atoms with E-state index in [0.29, 0.717) is 68.9 Å². The van der Waals surface area contributed by atoms with Crippen LogP contribution in [0.3, 0.4) is 0 Å². The molecule has 0 spiro atoms. The standard InChI is InChI=1S/C24H22N8.C13H8N4.C13H16N2.C12H16N4.C12H17NO.C12H17N.C7H9N.C6H6BrN.5CO2.HNO2/c1-24(9-4-10-24)22-8-3-7-18(27-22)14-32-15-21(30-31-32)20-12-19(28-23(26)29-20)17-6-2-5-16(11-17)13-25;1-2-11-7-12(17-13(15)16-11)10-5-3-4-9(6-10)8-14;1-10(9-14)13(7-4-8-13)12-6-3-5-11(2)15-12;1-2-12(7-4-8-12)11-6-3-5-10(15-11)9-14-16-13;1-2-12(7-4-8-12)11-6-3-5-10(9-14)13-11;1-3-12(8-5-9-12)11-7-4-6-10(2)13-11;1-6(5-8)7-3-2-4-7;1-5-3-2-4-6(7)8-5;6*2-1-3/h2-3,5-8,11-12,15H,4,9-10,14H2,1H3,(H2,26,28,29);1,3-7H,(H2,15,16,17);3,5-6,10H,4,7-8H2,1-2H3;3,5-6H,2,4,7-9H2,1H3;3,5-6,14H,2,4,7-9H2,1H3;4,6-7H,3,5,8-9H2,1-2H3;2-4H2,1H3;2-4H,1H3;;;;;;(H,2,3). The quantitative estimate of drug-likeness (QED) is 0.00961. The lowest BCUT2D eigenvalue weighted by Crippen LogP contribution is -2.40. The second kappa shape index (κ2) is 62.3. The Bertz CT molecular complexity index is 6270. The Morgan fingerprint density at radius 1 is 0.511 bits per heavy atom. The van der Waals surface area contributed by atoms with Crippen LogP contribution < -0.4 is 11.5 Å². The molecule has 0 amide bonds. The van der Waals surface area contributed by atoms with Gasteiger partial charge in [0.2, 0.25) is 11.9 Å². The van der Waals surface area contributed by atoms with E-state index in [1.54, 1.807) is 47.1 Å². The van der Waals surface area contributed by atoms with Crippen LogP contribution in [-0.2, 0) is 94.7 Å². The van der Waals surface area contributed by atoms with Crippen LogP contribution in [0.2, 0.25) is 0 Å². The number of benzene rings is 2. The molecule has 1 atom stereocenters. The van der Waals surface area contributed by atoms with Crippen molar-refractivity contribution in [3.8, 4) is 70.5 Å². The molecular weight excluding hydrogens is 1860 g/mol. The van der Waals surface area contributed by atoms with Crippen molar-refractivity contribution < 1.29 is 58.3 Å². The van der Waals surface area contributed by atoms with Crippen molar-refractivity contribution in [2.24, 2.45) is 16.4 Å². The molecule has 17 rings (SSSR count). The van der Waals surface area contributed by atoms with Gasteiger partial charge in [-0.15, -0.1) is 16.4 Å². The highest BCUT2D eigenvalue weighted by Gasteiger charge is 2.45. The van der Waals surface area contributed by atoms with Gasteiger partial charge in [0.1, 0.15) is 16.0 Å². The first-order valence-corrected chi connectivity index (χ1v) is 45.8. The van der Waals surface area contributed by atoms with E-state index in [9.17, 15) is 0 Å². The SMILES string of the molecule is C#Cc1cc(-c2cccc(C#N)c2)nc(N)n1.CC(C#N)=C1CCC1.CC1(c2cccc(Cn3cc(-c4cc(-c5cccc(C#N)c5)nc(N)n4)nn3)n2)CCC1.CCC1(c2cccc(C)n2)CCC1.CCC1(c2cccc(CN=[N+]=[N-])n2)CCC1.CCC1(c2cccc(CO)n2)CCC1.Cc1cccc(Br)n1.Cc1cccc(C2(C(C)C#N)CCC2)n1.O=C=O.O=C=O.O=C=O.O=C=O.O=C=O.O=NO. The van der Waals surface area contributed by atoms with Crippen molar-refractivity contribution in [2.45, 2.75) is 244 Å². The number of nitriles is 4. The van der Waals surface area contributed by atoms with Gasteiger partial charge in [-0.05, 0) is 268 Å². The number of nitrogen functional groups attached to an aromatic ring is 2. The molecule has 2 aromatic carbocycles. The van der Waals surface area contributed by atoms with Crippen molar-refractivity contribution >= 4 is 58.6 Å². The summed E-state index contributed by atoms with van der Waals surface area (Å²) >= 11 is 3.25. The highest BCUT2D eigenvalue weighted by Crippen LogP contribution is 2.50. The molecule has 6 aliphatic rings. The summed E-state index contributed by atoms with van der Waals surface area (Å²) in [5.41, 5.74) is 40.7. The molecule has 6 fully saturated rings. The number of hydrogen-bond donors (Lipinski definition) is 4. The maximum atomic E-state index is 9.17. The zero-order valence-electron chi connectivity index (χ0n) is 80.2. The Morgan fingerprint density at radius 3 is 1.28 bits per heavy atom. The van der Waals surface area contributed by atoms with E-state index in [-0.39, 0.29) is 66.0 Å². The van der Waals surface area contributed by atoms with Gasteiger partial charge in [-0.25, -0.2) is 29.6 Å². The van der Waals surface area contributed by atoms with Crippen LogP contribution in [0.15, 0.2) is 202 Å². The lowest BCUT2D eigenvalue weighted by Gasteiger charge is -2.43. The van der Waals surface area contributed by atoms with Gasteiger partial charge in [0.05, 0.1) is 95.7 Å². The molecule has 728 valence electrons. The summed E-state index contributed by atoms with van der Waals surface area (Å²) < 4.78 is 2.65. The number of anilines is 2. The van der Waals surface area contributed by atoms with Gasteiger partial charge in [-0.2, -0.15) is 69.0 Å². The number of allylic oxidation sites excluding steroid dienone is 2. The third kappa shape index (κ3) is 36.5. The Labute approximate surface area is 826 Å². The summed E-state index contributed by atoms with van der Waals surface area (Å²) in [5.74, 6) is 2.74. The second-order valence-electron chi connectivity index (χ2n) is 33.3. The first-order chi connectivity index (χ1) is 67.9. The number of hydrogen-bond acceptors (Lipinski definition) is 32. The number of pyridine rings is 6. The van der Waals surface area contributed by atoms with Crippen LogP contribution in [0.5, 0.6) is 0 Å². The Kier molecular flexibility index (Phi) is 51.7. The number of aryl methyl sites for hydroxylation is 3. The van der Waals surface area contributed by atoms with Gasteiger partial charge in [-0.1, -0.05) is 142 Å². The smallest absolute Gasteiger partial charge is 0.373 e. The van der Waals surface area contributed by atoms with Crippen LogP contribution in [0.25, 0.3) is 44.3 Å². The fourth-order valence-corrected chi connectivity index (χ4v) is 16.5. The molecular formula is C104H112BrN23O13. The van der Waals surface area contributed by atoms with E-state index in [2.05, 4.69) is 194 Å². The first-order valence-electron chi connectivity index (χ1n) is 45.0. The normalized spacial score (nSPS) is 14.0. The fourth-order valence-electron chi connectivity index (χ4n) is 16.0. The van der Waals surface area contributed by atoms with Crippen molar-refractivity contribution in [3.05, 3.63) is 287 Å². The van der Waals surface area contributed by atoms with Gasteiger partial charge in [-0.3, -0.25) is 24.9 Å². The predicted molar refractivity (Wildman–Crippen MR) is 519 cm³/mol. The lowest BCUT2D eigenvalue weighted by molar-refractivity contribution is -0.193. The summed E-state index contributed by atoms with van der Waals surface area (Å²) in [6.07, 6.45) is 34.2. The van der Waals surface area contributed by atoms with Gasteiger partial charge >= 0.3 is 30.8 Å². The zero-order chi connectivity index (χ0) is 104. The van der Waals surface area contributed by atoms with E-state index in [1.165, 1.54) is 137 Å². The third-order valence-electron chi connectivity index (χ3n) is 24.9. The molecule has 37 heteroatoms. The van der Waals surface area contributed by atoms with E-state index in [0.717, 1.165) is 92.5 Å². The second-order valence-corrected chi connectivity index (χ2v) is 34.1. The summed E-state index contributed by atoms with van der Waals surface area (Å²) in [6, 6.07) is 63.0. The maximum absolute atomic E-state index is 9.17. The maximum Gasteiger partial charge on any atom is 0.373 e. The van der Waals surface area contributed by atoms with Crippen LogP contribution in [0, 0.1) is 89.3 Å². The lowest BCUT2D eigenvalue weighted by atomic mass is 9.60. The molecule has 0 saturated heterocycles. The summed E-state index contributed by atoms with van der Waals surface area (Å²) in [5, 5.41) is 64.4. The van der Waals surface area contributed by atoms with E-state index in [4.69, 9.17) is 113 Å². The molecule has 1 unspecified atom stereocenters. The number of aromatic nitrogens is 13. The van der Waals surface area contributed by atoms with Crippen molar-refractivity contribution in [3.63, 3.8) is 0 Å². The monoisotopic (exact) mass is 1970 g/mol. The van der Waals surface area contributed by atoms with Crippen molar-refractivity contribution in [1.29, 1.82) is 21.0 Å². The highest BCUT2D eigenvalue weighted by molar-refractivity contribution is 9.10. The van der Waals surface area contributed by atoms with Crippen LogP contribution in [0.1, 0.15) is 256 Å². The minimum absolute atomic E-state index is 0.0424. The fraction of sp³-hybridized carbons (Fsp3) is 0.375. The van der Waals surface area contributed by atoms with E-state index in [1.807, 2.05) is 113 Å². The predicted octanol–water partition coefficient (Wildman–Crippen LogP) is 19.0. The van der Waals surface area contributed by atoms with Gasteiger partial charge in [0.25, 0.3) is 0 Å². The molecule has 0 bridgehead atoms.